The molecule has 1 fully saturated rings. The van der Waals surface area contributed by atoms with Gasteiger partial charge < -0.3 is 15.5 Å². The monoisotopic (exact) mass is 433 g/mol. The van der Waals surface area contributed by atoms with Gasteiger partial charge in [0.15, 0.2) is 0 Å². The van der Waals surface area contributed by atoms with Crippen molar-refractivity contribution in [3.63, 3.8) is 0 Å². The van der Waals surface area contributed by atoms with E-state index in [-0.39, 0.29) is 30.2 Å². The molecule has 7 heteroatoms. The van der Waals surface area contributed by atoms with Gasteiger partial charge in [-0.05, 0) is 36.1 Å². The van der Waals surface area contributed by atoms with Crippen LogP contribution in [0, 0.1) is 5.92 Å². The van der Waals surface area contributed by atoms with Gasteiger partial charge in [0.25, 0.3) is 5.91 Å². The molecule has 3 amide bonds. The van der Waals surface area contributed by atoms with Crippen LogP contribution in [0.1, 0.15) is 34.6 Å². The number of nitrogens with one attached hydrogen (secondary N) is 2. The Kier molecular flexibility index (Phi) is 6.13. The molecule has 4 rings (SSSR count). The summed E-state index contributed by atoms with van der Waals surface area (Å²) in [6.07, 6.45) is 0.173. The van der Waals surface area contributed by atoms with Crippen molar-refractivity contribution in [1.29, 1.82) is 0 Å². The molecule has 1 aliphatic heterocycles. The smallest absolute Gasteiger partial charge is 0.265 e. The summed E-state index contributed by atoms with van der Waals surface area (Å²) >= 11 is 1.35. The predicted octanol–water partition coefficient (Wildman–Crippen LogP) is 4.55. The molecule has 31 heavy (non-hydrogen) atoms. The molecule has 2 aromatic carbocycles. The molecule has 1 aromatic heterocycles. The SMILES string of the molecule is CC(c1ccccc1)N1CC(C(=O)Nc2ccccc2NC(=O)c2cccs2)CC1=O. The average Bonchev–Trinajstić information content (AvgIpc) is 3.45. The molecule has 0 spiro atoms. The maximum atomic E-state index is 12.9. The topological polar surface area (TPSA) is 78.5 Å². The van der Waals surface area contributed by atoms with Crippen LogP contribution in [-0.2, 0) is 9.59 Å². The van der Waals surface area contributed by atoms with E-state index in [1.165, 1.54) is 11.3 Å². The first-order valence-electron chi connectivity index (χ1n) is 10.1. The summed E-state index contributed by atoms with van der Waals surface area (Å²) < 4.78 is 0. The number of benzene rings is 2. The maximum absolute atomic E-state index is 12.9. The van der Waals surface area contributed by atoms with Gasteiger partial charge in [0.05, 0.1) is 28.2 Å². The van der Waals surface area contributed by atoms with Crippen molar-refractivity contribution in [2.45, 2.75) is 19.4 Å². The van der Waals surface area contributed by atoms with Gasteiger partial charge in [-0.15, -0.1) is 11.3 Å². The Morgan fingerprint density at radius 1 is 0.968 bits per heavy atom. The van der Waals surface area contributed by atoms with Crippen LogP contribution in [0.15, 0.2) is 72.1 Å². The minimum atomic E-state index is -0.445. The maximum Gasteiger partial charge on any atom is 0.265 e. The zero-order valence-corrected chi connectivity index (χ0v) is 17.9. The Bertz CT molecular complexity index is 1080. The second kappa shape index (κ2) is 9.14. The fourth-order valence-corrected chi connectivity index (χ4v) is 4.34. The molecule has 0 radical (unpaired) electrons. The highest BCUT2D eigenvalue weighted by Crippen LogP contribution is 2.30. The van der Waals surface area contributed by atoms with Gasteiger partial charge in [-0.3, -0.25) is 14.4 Å². The first-order valence-corrected chi connectivity index (χ1v) is 11.0. The molecule has 2 unspecified atom stereocenters. The fraction of sp³-hybridized carbons (Fsp3) is 0.208. The molecular weight excluding hydrogens is 410 g/mol. The van der Waals surface area contributed by atoms with Gasteiger partial charge in [-0.25, -0.2) is 0 Å². The zero-order chi connectivity index (χ0) is 21.8. The number of likely N-dealkylation sites (tertiary alicyclic amines) is 1. The molecule has 1 saturated heterocycles. The summed E-state index contributed by atoms with van der Waals surface area (Å²) in [6, 6.07) is 20.3. The van der Waals surface area contributed by atoms with Crippen LogP contribution in [0.5, 0.6) is 0 Å². The number of nitrogens with zero attached hydrogens (tertiary/aromatic N) is 1. The van der Waals surface area contributed by atoms with E-state index in [0.717, 1.165) is 5.56 Å². The van der Waals surface area contributed by atoms with Gasteiger partial charge >= 0.3 is 0 Å². The predicted molar refractivity (Wildman–Crippen MR) is 122 cm³/mol. The summed E-state index contributed by atoms with van der Waals surface area (Å²) in [5, 5.41) is 7.57. The molecule has 2 heterocycles. The third kappa shape index (κ3) is 4.67. The van der Waals surface area contributed by atoms with E-state index in [1.54, 1.807) is 35.2 Å². The van der Waals surface area contributed by atoms with Gasteiger partial charge in [0.1, 0.15) is 0 Å². The third-order valence-corrected chi connectivity index (χ3v) is 6.33. The minimum Gasteiger partial charge on any atom is -0.335 e. The van der Waals surface area contributed by atoms with Crippen LogP contribution in [0.4, 0.5) is 11.4 Å². The lowest BCUT2D eigenvalue weighted by Gasteiger charge is -2.25. The molecule has 3 aromatic rings. The zero-order valence-electron chi connectivity index (χ0n) is 17.1. The summed E-state index contributed by atoms with van der Waals surface area (Å²) in [5.41, 5.74) is 2.08. The van der Waals surface area contributed by atoms with Crippen LogP contribution in [0.2, 0.25) is 0 Å². The van der Waals surface area contributed by atoms with E-state index in [0.29, 0.717) is 22.8 Å². The largest absolute Gasteiger partial charge is 0.335 e. The van der Waals surface area contributed by atoms with Crippen molar-refractivity contribution in [3.05, 3.63) is 82.6 Å². The summed E-state index contributed by atoms with van der Waals surface area (Å²) in [6.45, 7) is 2.34. The van der Waals surface area contributed by atoms with Gasteiger partial charge in [0, 0.05) is 13.0 Å². The van der Waals surface area contributed by atoms with Crippen molar-refractivity contribution in [2.24, 2.45) is 5.92 Å². The van der Waals surface area contributed by atoms with E-state index in [9.17, 15) is 14.4 Å². The van der Waals surface area contributed by atoms with Gasteiger partial charge in [-0.2, -0.15) is 0 Å². The molecule has 158 valence electrons. The van der Waals surface area contributed by atoms with Crippen molar-refractivity contribution < 1.29 is 14.4 Å². The number of hydrogen-bond donors (Lipinski definition) is 2. The highest BCUT2D eigenvalue weighted by molar-refractivity contribution is 7.12. The van der Waals surface area contributed by atoms with E-state index in [2.05, 4.69) is 10.6 Å². The first kappa shape index (κ1) is 20.8. The molecule has 0 saturated carbocycles. The molecule has 2 N–H and O–H groups in total. The lowest BCUT2D eigenvalue weighted by molar-refractivity contribution is -0.129. The lowest BCUT2D eigenvalue weighted by atomic mass is 10.1. The van der Waals surface area contributed by atoms with Gasteiger partial charge in [0.2, 0.25) is 11.8 Å². The molecule has 6 nitrogen and oxygen atoms in total. The van der Waals surface area contributed by atoms with E-state index in [1.807, 2.05) is 48.7 Å². The Labute approximate surface area is 184 Å². The normalized spacial score (nSPS) is 16.7. The third-order valence-electron chi connectivity index (χ3n) is 5.46. The number of rotatable bonds is 6. The highest BCUT2D eigenvalue weighted by atomic mass is 32.1. The summed E-state index contributed by atoms with van der Waals surface area (Å²) in [5.74, 6) is -0.931. The highest BCUT2D eigenvalue weighted by Gasteiger charge is 2.37. The van der Waals surface area contributed by atoms with Gasteiger partial charge in [-0.1, -0.05) is 48.5 Å². The van der Waals surface area contributed by atoms with Crippen molar-refractivity contribution in [3.8, 4) is 0 Å². The van der Waals surface area contributed by atoms with E-state index < -0.39 is 5.92 Å². The number of hydrogen-bond acceptors (Lipinski definition) is 4. The molecule has 2 atom stereocenters. The minimum absolute atomic E-state index is 0.0317. The molecule has 0 bridgehead atoms. The first-order chi connectivity index (χ1) is 15.0. The quantitative estimate of drug-likeness (QED) is 0.599. The number of para-hydroxylation sites is 2. The summed E-state index contributed by atoms with van der Waals surface area (Å²) in [4.78, 5) is 40.3. The average molecular weight is 434 g/mol. The Hall–Kier alpha value is -3.45. The molecular formula is C24H23N3O3S. The van der Waals surface area contributed by atoms with Crippen molar-refractivity contribution in [1.82, 2.24) is 4.90 Å². The van der Waals surface area contributed by atoms with Crippen LogP contribution < -0.4 is 10.6 Å². The standard InChI is InChI=1S/C24H23N3O3S/c1-16(17-8-3-2-4-9-17)27-15-18(14-22(27)28)23(29)25-19-10-5-6-11-20(19)26-24(30)21-12-7-13-31-21/h2-13,16,18H,14-15H2,1H3,(H,25,29)(H,26,30). The van der Waals surface area contributed by atoms with Crippen LogP contribution in [0.3, 0.4) is 0 Å². The fourth-order valence-electron chi connectivity index (χ4n) is 3.72. The van der Waals surface area contributed by atoms with Crippen LogP contribution in [-0.4, -0.2) is 29.2 Å². The molecule has 1 aliphatic rings. The number of thiophene rings is 1. The van der Waals surface area contributed by atoms with Crippen LogP contribution >= 0.6 is 11.3 Å². The van der Waals surface area contributed by atoms with E-state index in [4.69, 9.17) is 0 Å². The summed E-state index contributed by atoms with van der Waals surface area (Å²) in [7, 11) is 0. The second-order valence-corrected chi connectivity index (χ2v) is 8.45. The Morgan fingerprint density at radius 2 is 1.65 bits per heavy atom. The number of carbonyl (C=O) groups is 3. The second-order valence-electron chi connectivity index (χ2n) is 7.50. The Morgan fingerprint density at radius 3 is 2.32 bits per heavy atom. The van der Waals surface area contributed by atoms with Crippen LogP contribution in [0.25, 0.3) is 0 Å². The number of anilines is 2. The Balaban J connectivity index is 1.43. The molecule has 0 aliphatic carbocycles. The number of amides is 3. The van der Waals surface area contributed by atoms with Crippen molar-refractivity contribution >= 4 is 40.4 Å². The lowest BCUT2D eigenvalue weighted by Crippen LogP contribution is -2.30. The van der Waals surface area contributed by atoms with E-state index >= 15 is 0 Å². The number of carbonyl (C=O) groups excluding carboxylic acids is 3. The van der Waals surface area contributed by atoms with Crippen molar-refractivity contribution in [2.75, 3.05) is 17.2 Å².